The fourth-order valence-electron chi connectivity index (χ4n) is 2.21. The number of nitrogens with two attached hydrogens (primary N) is 1. The number of ether oxygens (including phenoxy) is 2. The summed E-state index contributed by atoms with van der Waals surface area (Å²) in [5, 5.41) is 6.68. The Morgan fingerprint density at radius 1 is 1.11 bits per heavy atom. The summed E-state index contributed by atoms with van der Waals surface area (Å²) in [5.74, 6) is 1.92. The Kier molecular flexibility index (Phi) is 3.14. The number of anilines is 1. The van der Waals surface area contributed by atoms with E-state index >= 15 is 0 Å². The van der Waals surface area contributed by atoms with Crippen molar-refractivity contribution in [2.75, 3.05) is 20.0 Å². The van der Waals surface area contributed by atoms with Crippen LogP contribution in [0.3, 0.4) is 0 Å². The first kappa shape index (κ1) is 12.3. The van der Waals surface area contributed by atoms with Crippen molar-refractivity contribution in [2.45, 2.75) is 13.8 Å². The maximum Gasteiger partial charge on any atom is 0.169 e. The second-order valence-electron chi connectivity index (χ2n) is 4.15. The molecule has 2 aromatic rings. The molecular formula is C13H17N3O2. The predicted octanol–water partition coefficient (Wildman–Crippen LogP) is 2.29. The van der Waals surface area contributed by atoms with Crippen molar-refractivity contribution < 1.29 is 9.47 Å². The van der Waals surface area contributed by atoms with Crippen molar-refractivity contribution in [2.24, 2.45) is 0 Å². The van der Waals surface area contributed by atoms with Crippen LogP contribution in [-0.4, -0.2) is 24.4 Å². The maximum atomic E-state index is 5.88. The second kappa shape index (κ2) is 4.60. The molecule has 3 N–H and O–H groups in total. The smallest absolute Gasteiger partial charge is 0.169 e. The normalized spacial score (nSPS) is 10.4. The van der Waals surface area contributed by atoms with Gasteiger partial charge in [-0.15, -0.1) is 0 Å². The molecule has 0 amide bonds. The molecule has 0 unspecified atom stereocenters. The topological polar surface area (TPSA) is 73.2 Å². The molecule has 5 heteroatoms. The predicted molar refractivity (Wildman–Crippen MR) is 71.0 cm³/mol. The molecule has 2 rings (SSSR count). The van der Waals surface area contributed by atoms with E-state index in [2.05, 4.69) is 10.2 Å². The van der Waals surface area contributed by atoms with Crippen LogP contribution in [0, 0.1) is 13.8 Å². The molecule has 5 nitrogen and oxygen atoms in total. The Bertz CT molecular complexity index is 576. The lowest BCUT2D eigenvalue weighted by molar-refractivity contribution is 0.354. The van der Waals surface area contributed by atoms with Gasteiger partial charge in [-0.25, -0.2) is 0 Å². The van der Waals surface area contributed by atoms with Gasteiger partial charge in [0.15, 0.2) is 11.5 Å². The third-order valence-corrected chi connectivity index (χ3v) is 2.97. The van der Waals surface area contributed by atoms with E-state index < -0.39 is 0 Å². The summed E-state index contributed by atoms with van der Waals surface area (Å²) in [7, 11) is 3.25. The SMILES string of the molecule is COc1c(C)cc(C)c(-c2cn[nH]c2N)c1OC. The number of aromatic amines is 1. The van der Waals surface area contributed by atoms with E-state index in [0.29, 0.717) is 11.6 Å². The van der Waals surface area contributed by atoms with Gasteiger partial charge in [-0.1, -0.05) is 6.07 Å². The molecule has 0 aliphatic carbocycles. The number of hydrogen-bond donors (Lipinski definition) is 2. The molecule has 18 heavy (non-hydrogen) atoms. The quantitative estimate of drug-likeness (QED) is 0.872. The Balaban J connectivity index is 2.78. The number of aromatic nitrogens is 2. The molecule has 0 aliphatic rings. The fourth-order valence-corrected chi connectivity index (χ4v) is 2.21. The highest BCUT2D eigenvalue weighted by Gasteiger charge is 2.19. The largest absolute Gasteiger partial charge is 0.493 e. The van der Waals surface area contributed by atoms with Crippen LogP contribution < -0.4 is 15.2 Å². The summed E-state index contributed by atoms with van der Waals surface area (Å²) >= 11 is 0. The molecule has 1 aromatic heterocycles. The lowest BCUT2D eigenvalue weighted by Crippen LogP contribution is -1.99. The van der Waals surface area contributed by atoms with Gasteiger partial charge in [0.05, 0.1) is 20.4 Å². The van der Waals surface area contributed by atoms with Crippen LogP contribution in [0.25, 0.3) is 11.1 Å². The van der Waals surface area contributed by atoms with Gasteiger partial charge in [-0.3, -0.25) is 5.10 Å². The van der Waals surface area contributed by atoms with Crippen molar-refractivity contribution >= 4 is 5.82 Å². The average Bonchev–Trinajstić information content (AvgIpc) is 2.74. The summed E-state index contributed by atoms with van der Waals surface area (Å²) in [4.78, 5) is 0. The number of rotatable bonds is 3. The van der Waals surface area contributed by atoms with Gasteiger partial charge in [-0.05, 0) is 25.0 Å². The number of H-pyrrole nitrogens is 1. The Labute approximate surface area is 106 Å². The zero-order chi connectivity index (χ0) is 13.3. The van der Waals surface area contributed by atoms with Crippen LogP contribution in [-0.2, 0) is 0 Å². The molecular weight excluding hydrogens is 230 g/mol. The first-order chi connectivity index (χ1) is 8.60. The van der Waals surface area contributed by atoms with E-state index in [9.17, 15) is 0 Å². The van der Waals surface area contributed by atoms with E-state index in [1.165, 1.54) is 0 Å². The fraction of sp³-hybridized carbons (Fsp3) is 0.308. The minimum absolute atomic E-state index is 0.516. The number of aryl methyl sites for hydroxylation is 2. The first-order valence-corrected chi connectivity index (χ1v) is 5.61. The van der Waals surface area contributed by atoms with Gasteiger partial charge in [0.2, 0.25) is 0 Å². The second-order valence-corrected chi connectivity index (χ2v) is 4.15. The molecule has 96 valence electrons. The van der Waals surface area contributed by atoms with Gasteiger partial charge < -0.3 is 15.2 Å². The van der Waals surface area contributed by atoms with Crippen LogP contribution in [0.1, 0.15) is 11.1 Å². The molecule has 0 radical (unpaired) electrons. The monoisotopic (exact) mass is 247 g/mol. The summed E-state index contributed by atoms with van der Waals surface area (Å²) in [6, 6.07) is 2.04. The molecule has 1 heterocycles. The molecule has 0 aliphatic heterocycles. The number of nitrogens with zero attached hydrogens (tertiary/aromatic N) is 1. The van der Waals surface area contributed by atoms with Crippen LogP contribution in [0.15, 0.2) is 12.3 Å². The summed E-state index contributed by atoms with van der Waals surface area (Å²) in [5.41, 5.74) is 9.70. The van der Waals surface area contributed by atoms with E-state index in [0.717, 1.165) is 28.0 Å². The number of benzene rings is 1. The highest BCUT2D eigenvalue weighted by atomic mass is 16.5. The van der Waals surface area contributed by atoms with Crippen molar-refractivity contribution in [3.05, 3.63) is 23.4 Å². The van der Waals surface area contributed by atoms with E-state index in [1.54, 1.807) is 20.4 Å². The standard InChI is InChI=1S/C13H17N3O2/c1-7-5-8(2)11(17-3)12(18-4)10(7)9-6-15-16-13(9)14/h5-6H,1-4H3,(H3,14,15,16). The van der Waals surface area contributed by atoms with Crippen molar-refractivity contribution in [3.63, 3.8) is 0 Å². The number of nitrogen functional groups attached to an aromatic ring is 1. The highest BCUT2D eigenvalue weighted by Crippen LogP contribution is 2.43. The maximum absolute atomic E-state index is 5.88. The minimum atomic E-state index is 0.516. The van der Waals surface area contributed by atoms with Crippen molar-refractivity contribution in [1.82, 2.24) is 10.2 Å². The van der Waals surface area contributed by atoms with Crippen molar-refractivity contribution in [3.8, 4) is 22.6 Å². The Morgan fingerprint density at radius 2 is 1.78 bits per heavy atom. The van der Waals surface area contributed by atoms with Crippen molar-refractivity contribution in [1.29, 1.82) is 0 Å². The van der Waals surface area contributed by atoms with Crippen LogP contribution in [0.2, 0.25) is 0 Å². The lowest BCUT2D eigenvalue weighted by Gasteiger charge is -2.17. The van der Waals surface area contributed by atoms with Crippen LogP contribution >= 0.6 is 0 Å². The minimum Gasteiger partial charge on any atom is -0.493 e. The van der Waals surface area contributed by atoms with Crippen LogP contribution in [0.5, 0.6) is 11.5 Å². The number of nitrogens with one attached hydrogen (secondary N) is 1. The summed E-state index contributed by atoms with van der Waals surface area (Å²) in [6.07, 6.45) is 1.69. The molecule has 0 saturated heterocycles. The Morgan fingerprint density at radius 3 is 2.28 bits per heavy atom. The van der Waals surface area contributed by atoms with Gasteiger partial charge >= 0.3 is 0 Å². The van der Waals surface area contributed by atoms with E-state index in [1.807, 2.05) is 19.9 Å². The Hall–Kier alpha value is -2.17. The third-order valence-electron chi connectivity index (χ3n) is 2.97. The van der Waals surface area contributed by atoms with Crippen LogP contribution in [0.4, 0.5) is 5.82 Å². The number of methoxy groups -OCH3 is 2. The molecule has 1 aromatic carbocycles. The lowest BCUT2D eigenvalue weighted by atomic mass is 9.98. The van der Waals surface area contributed by atoms with Gasteiger partial charge in [0.25, 0.3) is 0 Å². The highest BCUT2D eigenvalue weighted by molar-refractivity contribution is 5.83. The van der Waals surface area contributed by atoms with Gasteiger partial charge in [0, 0.05) is 11.1 Å². The molecule has 0 fully saturated rings. The van der Waals surface area contributed by atoms with E-state index in [-0.39, 0.29) is 0 Å². The molecule has 0 atom stereocenters. The zero-order valence-corrected chi connectivity index (χ0v) is 11.0. The molecule has 0 spiro atoms. The van der Waals surface area contributed by atoms with Gasteiger partial charge in [0.1, 0.15) is 5.82 Å². The molecule has 0 saturated carbocycles. The van der Waals surface area contributed by atoms with Gasteiger partial charge in [-0.2, -0.15) is 5.10 Å². The third kappa shape index (κ3) is 1.77. The summed E-state index contributed by atoms with van der Waals surface area (Å²) in [6.45, 7) is 3.99. The summed E-state index contributed by atoms with van der Waals surface area (Å²) < 4.78 is 10.9. The number of hydrogen-bond acceptors (Lipinski definition) is 4. The average molecular weight is 247 g/mol. The zero-order valence-electron chi connectivity index (χ0n) is 11.0. The van der Waals surface area contributed by atoms with E-state index in [4.69, 9.17) is 15.2 Å². The molecule has 0 bridgehead atoms. The first-order valence-electron chi connectivity index (χ1n) is 5.61.